The third kappa shape index (κ3) is 3.27. The Hall–Kier alpha value is -1.32. The predicted molar refractivity (Wildman–Crippen MR) is 47.2 cm³/mol. The van der Waals surface area contributed by atoms with E-state index in [1.807, 2.05) is 0 Å². The summed E-state index contributed by atoms with van der Waals surface area (Å²) in [5.74, 6) is -1.52. The fraction of sp³-hybridized carbons (Fsp3) is 0.556. The minimum absolute atomic E-state index is 0.0923. The topological polar surface area (TPSA) is 63.6 Å². The van der Waals surface area contributed by atoms with Crippen molar-refractivity contribution >= 4 is 11.9 Å². The van der Waals surface area contributed by atoms with Gasteiger partial charge in [-0.05, 0) is 20.3 Å². The quantitative estimate of drug-likeness (QED) is 0.529. The average Bonchev–Trinajstić information content (AvgIpc) is 2.01. The van der Waals surface area contributed by atoms with Crippen LogP contribution in [0.2, 0.25) is 0 Å². The number of carboxylic acid groups (broad SMARTS) is 1. The van der Waals surface area contributed by atoms with Gasteiger partial charge in [0.25, 0.3) is 0 Å². The van der Waals surface area contributed by atoms with Gasteiger partial charge in [0.05, 0.1) is 12.5 Å². The van der Waals surface area contributed by atoms with Crippen LogP contribution in [-0.4, -0.2) is 24.2 Å². The molecule has 0 atom stereocenters. The summed E-state index contributed by atoms with van der Waals surface area (Å²) in [6.45, 7) is 6.52. The summed E-state index contributed by atoms with van der Waals surface area (Å²) >= 11 is 0. The molecule has 4 heteroatoms. The molecule has 0 heterocycles. The van der Waals surface area contributed by atoms with Crippen molar-refractivity contribution in [2.75, 3.05) is 7.11 Å². The molecule has 0 aromatic heterocycles. The summed E-state index contributed by atoms with van der Waals surface area (Å²) in [5, 5.41) is 8.75. The fourth-order valence-corrected chi connectivity index (χ4v) is 0.826. The molecule has 0 spiro atoms. The van der Waals surface area contributed by atoms with Gasteiger partial charge in [-0.15, -0.1) is 0 Å². The number of methoxy groups -OCH3 is 1. The van der Waals surface area contributed by atoms with Crippen molar-refractivity contribution < 1.29 is 19.4 Å². The van der Waals surface area contributed by atoms with Crippen LogP contribution < -0.4 is 0 Å². The number of hydrogen-bond acceptors (Lipinski definition) is 3. The molecule has 0 saturated carbocycles. The smallest absolute Gasteiger partial charge is 0.333 e. The highest BCUT2D eigenvalue weighted by Gasteiger charge is 2.29. The minimum Gasteiger partial charge on any atom is -0.481 e. The van der Waals surface area contributed by atoms with E-state index in [4.69, 9.17) is 5.11 Å². The molecule has 0 radical (unpaired) electrons. The largest absolute Gasteiger partial charge is 0.481 e. The Morgan fingerprint density at radius 1 is 1.46 bits per heavy atom. The van der Waals surface area contributed by atoms with E-state index in [9.17, 15) is 9.59 Å². The first-order valence-corrected chi connectivity index (χ1v) is 3.80. The molecule has 1 N–H and O–H groups in total. The van der Waals surface area contributed by atoms with Gasteiger partial charge in [0.1, 0.15) is 0 Å². The van der Waals surface area contributed by atoms with E-state index in [1.54, 1.807) is 0 Å². The molecule has 0 rings (SSSR count). The van der Waals surface area contributed by atoms with Crippen molar-refractivity contribution in [2.24, 2.45) is 5.41 Å². The van der Waals surface area contributed by atoms with Gasteiger partial charge in [0.15, 0.2) is 0 Å². The number of hydrogen-bond donors (Lipinski definition) is 1. The van der Waals surface area contributed by atoms with Crippen LogP contribution in [-0.2, 0) is 14.3 Å². The Bertz CT molecular complexity index is 240. The summed E-state index contributed by atoms with van der Waals surface area (Å²) in [4.78, 5) is 21.6. The maximum Gasteiger partial charge on any atom is 0.333 e. The van der Waals surface area contributed by atoms with Crippen molar-refractivity contribution in [3.05, 3.63) is 12.2 Å². The molecule has 0 fully saturated rings. The summed E-state index contributed by atoms with van der Waals surface area (Å²) in [5.41, 5.74) is -0.805. The summed E-state index contributed by atoms with van der Waals surface area (Å²) in [6.07, 6.45) is 0.0923. The number of aliphatic carboxylic acids is 1. The lowest BCUT2D eigenvalue weighted by Gasteiger charge is -2.18. The van der Waals surface area contributed by atoms with E-state index in [2.05, 4.69) is 11.3 Å². The second-order valence-electron chi connectivity index (χ2n) is 3.46. The molecule has 0 bridgehead atoms. The van der Waals surface area contributed by atoms with Gasteiger partial charge in [-0.3, -0.25) is 4.79 Å². The van der Waals surface area contributed by atoms with Gasteiger partial charge in [-0.2, -0.15) is 0 Å². The second-order valence-corrected chi connectivity index (χ2v) is 3.46. The van der Waals surface area contributed by atoms with Crippen LogP contribution in [0.4, 0.5) is 0 Å². The molecule has 0 aromatic rings. The number of esters is 1. The Morgan fingerprint density at radius 2 is 1.92 bits per heavy atom. The molecule has 13 heavy (non-hydrogen) atoms. The lowest BCUT2D eigenvalue weighted by atomic mass is 9.86. The van der Waals surface area contributed by atoms with Crippen LogP contribution in [0.5, 0.6) is 0 Å². The molecule has 0 saturated heterocycles. The van der Waals surface area contributed by atoms with Gasteiger partial charge in [-0.25, -0.2) is 4.79 Å². The molecular weight excluding hydrogens is 172 g/mol. The van der Waals surface area contributed by atoms with Gasteiger partial charge < -0.3 is 9.84 Å². The zero-order valence-corrected chi connectivity index (χ0v) is 8.09. The lowest BCUT2D eigenvalue weighted by Crippen LogP contribution is -2.25. The van der Waals surface area contributed by atoms with Crippen LogP contribution in [0.1, 0.15) is 20.3 Å². The van der Waals surface area contributed by atoms with E-state index in [0.717, 1.165) is 0 Å². The normalized spacial score (nSPS) is 10.7. The molecule has 0 amide bonds. The summed E-state index contributed by atoms with van der Waals surface area (Å²) in [6, 6.07) is 0. The van der Waals surface area contributed by atoms with Crippen LogP contribution in [0.3, 0.4) is 0 Å². The summed E-state index contributed by atoms with van der Waals surface area (Å²) in [7, 11) is 1.24. The Labute approximate surface area is 77.2 Å². The first-order valence-electron chi connectivity index (χ1n) is 3.80. The highest BCUT2D eigenvalue weighted by Crippen LogP contribution is 2.24. The van der Waals surface area contributed by atoms with E-state index in [0.29, 0.717) is 0 Å². The molecule has 0 aliphatic heterocycles. The highest BCUT2D eigenvalue weighted by atomic mass is 16.5. The van der Waals surface area contributed by atoms with Crippen molar-refractivity contribution in [1.29, 1.82) is 0 Å². The average molecular weight is 186 g/mol. The number of rotatable bonds is 4. The number of carboxylic acids is 1. The summed E-state index contributed by atoms with van der Waals surface area (Å²) < 4.78 is 4.41. The van der Waals surface area contributed by atoms with Crippen LogP contribution in [0, 0.1) is 5.41 Å². The molecule has 0 aromatic carbocycles. The number of ether oxygens (including phenoxy) is 1. The van der Waals surface area contributed by atoms with Gasteiger partial charge in [-0.1, -0.05) is 6.58 Å². The van der Waals surface area contributed by atoms with Crippen LogP contribution >= 0.6 is 0 Å². The maximum absolute atomic E-state index is 10.9. The van der Waals surface area contributed by atoms with E-state index >= 15 is 0 Å². The van der Waals surface area contributed by atoms with Gasteiger partial charge in [0, 0.05) is 5.57 Å². The Balaban J connectivity index is 4.37. The van der Waals surface area contributed by atoms with Gasteiger partial charge >= 0.3 is 11.9 Å². The maximum atomic E-state index is 10.9. The monoisotopic (exact) mass is 186 g/mol. The standard InChI is InChI=1S/C9H14O4/c1-6(7(10)13-4)5-9(2,3)8(11)12/h1,5H2,2-4H3,(H,11,12). The van der Waals surface area contributed by atoms with Crippen molar-refractivity contribution in [1.82, 2.24) is 0 Å². The van der Waals surface area contributed by atoms with E-state index < -0.39 is 17.4 Å². The molecular formula is C9H14O4. The van der Waals surface area contributed by atoms with Crippen molar-refractivity contribution in [2.45, 2.75) is 20.3 Å². The van der Waals surface area contributed by atoms with Crippen molar-refractivity contribution in [3.63, 3.8) is 0 Å². The fourth-order valence-electron chi connectivity index (χ4n) is 0.826. The SMILES string of the molecule is C=C(CC(C)(C)C(=O)O)C(=O)OC. The lowest BCUT2D eigenvalue weighted by molar-refractivity contribution is -0.147. The molecule has 0 unspecified atom stereocenters. The molecule has 4 nitrogen and oxygen atoms in total. The third-order valence-corrected chi connectivity index (χ3v) is 1.71. The first kappa shape index (κ1) is 11.7. The zero-order chi connectivity index (χ0) is 10.6. The Kier molecular flexibility index (Phi) is 3.66. The number of carbonyl (C=O) groups is 2. The molecule has 0 aliphatic carbocycles. The minimum atomic E-state index is -0.981. The first-order chi connectivity index (χ1) is 5.81. The predicted octanol–water partition coefficient (Wildman–Crippen LogP) is 1.22. The zero-order valence-electron chi connectivity index (χ0n) is 8.09. The molecule has 74 valence electrons. The second kappa shape index (κ2) is 4.07. The van der Waals surface area contributed by atoms with Crippen LogP contribution in [0.15, 0.2) is 12.2 Å². The van der Waals surface area contributed by atoms with E-state index in [-0.39, 0.29) is 12.0 Å². The van der Waals surface area contributed by atoms with E-state index in [1.165, 1.54) is 21.0 Å². The highest BCUT2D eigenvalue weighted by molar-refractivity contribution is 5.89. The van der Waals surface area contributed by atoms with Crippen LogP contribution in [0.25, 0.3) is 0 Å². The van der Waals surface area contributed by atoms with Gasteiger partial charge in [0.2, 0.25) is 0 Å². The third-order valence-electron chi connectivity index (χ3n) is 1.71. The Morgan fingerprint density at radius 3 is 2.23 bits per heavy atom. The van der Waals surface area contributed by atoms with Crippen molar-refractivity contribution in [3.8, 4) is 0 Å². The number of carbonyl (C=O) groups excluding carboxylic acids is 1. The molecule has 0 aliphatic rings.